The summed E-state index contributed by atoms with van der Waals surface area (Å²) in [6, 6.07) is 0.227. The van der Waals surface area contributed by atoms with Crippen LogP contribution in [0.2, 0.25) is 0 Å². The molecule has 114 valence electrons. The smallest absolute Gasteiger partial charge is 0.0722 e. The second-order valence-corrected chi connectivity index (χ2v) is 7.12. The summed E-state index contributed by atoms with van der Waals surface area (Å²) in [6.45, 7) is 7.38. The van der Waals surface area contributed by atoms with E-state index in [9.17, 15) is 5.11 Å². The molecule has 1 heterocycles. The number of aryl methyl sites for hydroxylation is 1. The molecule has 2 N–H and O–H groups in total. The molecule has 4 heteroatoms. The van der Waals surface area contributed by atoms with E-state index in [-0.39, 0.29) is 17.6 Å². The van der Waals surface area contributed by atoms with E-state index >= 15 is 0 Å². The molecule has 4 nitrogen and oxygen atoms in total. The fraction of sp³-hybridized carbons (Fsp3) is 0.812. The van der Waals surface area contributed by atoms with Crippen LogP contribution < -0.4 is 5.32 Å². The molecular weight excluding hydrogens is 250 g/mol. The lowest BCUT2D eigenvalue weighted by atomic mass is 9.89. The normalized spacial score (nSPS) is 24.6. The highest BCUT2D eigenvalue weighted by atomic mass is 16.3. The van der Waals surface area contributed by atoms with Crippen molar-refractivity contribution in [3.05, 3.63) is 17.5 Å². The van der Waals surface area contributed by atoms with Crippen LogP contribution in [0.5, 0.6) is 0 Å². The minimum Gasteiger partial charge on any atom is -0.392 e. The number of aliphatic hydroxyl groups is 1. The summed E-state index contributed by atoms with van der Waals surface area (Å²) in [5.41, 5.74) is 2.45. The van der Waals surface area contributed by atoms with Crippen LogP contribution in [0.15, 0.2) is 6.20 Å². The Labute approximate surface area is 122 Å². The third-order valence-corrected chi connectivity index (χ3v) is 4.15. The SMILES string of the molecule is Cn1cc(CNC2CCCCCC2O)c(C(C)(C)C)n1. The van der Waals surface area contributed by atoms with Crippen molar-refractivity contribution < 1.29 is 5.11 Å². The molecule has 1 fully saturated rings. The minimum absolute atomic E-state index is 0.0559. The summed E-state index contributed by atoms with van der Waals surface area (Å²) < 4.78 is 1.89. The van der Waals surface area contributed by atoms with E-state index in [1.807, 2.05) is 11.7 Å². The zero-order valence-corrected chi connectivity index (χ0v) is 13.3. The summed E-state index contributed by atoms with van der Waals surface area (Å²) in [5, 5.41) is 18.3. The lowest BCUT2D eigenvalue weighted by Gasteiger charge is -2.23. The number of hydrogen-bond acceptors (Lipinski definition) is 3. The Morgan fingerprint density at radius 1 is 1.30 bits per heavy atom. The van der Waals surface area contributed by atoms with Crippen LogP contribution in [-0.2, 0) is 19.0 Å². The molecule has 20 heavy (non-hydrogen) atoms. The Kier molecular flexibility index (Phi) is 4.86. The molecule has 2 unspecified atom stereocenters. The molecular formula is C16H29N3O. The first-order valence-electron chi connectivity index (χ1n) is 7.82. The second-order valence-electron chi connectivity index (χ2n) is 7.12. The Morgan fingerprint density at radius 2 is 2.00 bits per heavy atom. The van der Waals surface area contributed by atoms with Gasteiger partial charge in [0.05, 0.1) is 11.8 Å². The highest BCUT2D eigenvalue weighted by molar-refractivity contribution is 5.24. The lowest BCUT2D eigenvalue weighted by Crippen LogP contribution is -2.38. The molecule has 0 radical (unpaired) electrons. The van der Waals surface area contributed by atoms with Gasteiger partial charge in [-0.15, -0.1) is 0 Å². The van der Waals surface area contributed by atoms with Gasteiger partial charge in [-0.1, -0.05) is 40.0 Å². The van der Waals surface area contributed by atoms with Crippen molar-refractivity contribution in [2.45, 2.75) is 77.0 Å². The summed E-state index contributed by atoms with van der Waals surface area (Å²) in [5.74, 6) is 0. The van der Waals surface area contributed by atoms with Gasteiger partial charge < -0.3 is 10.4 Å². The van der Waals surface area contributed by atoms with Crippen LogP contribution in [0.4, 0.5) is 0 Å². The zero-order valence-electron chi connectivity index (χ0n) is 13.3. The molecule has 0 saturated heterocycles. The lowest BCUT2D eigenvalue weighted by molar-refractivity contribution is 0.119. The predicted octanol–water partition coefficient (Wildman–Crippen LogP) is 2.50. The molecule has 1 aromatic rings. The average Bonchev–Trinajstić information content (AvgIpc) is 2.61. The van der Waals surface area contributed by atoms with Crippen molar-refractivity contribution in [3.8, 4) is 0 Å². The number of aliphatic hydroxyl groups excluding tert-OH is 1. The highest BCUT2D eigenvalue weighted by Crippen LogP contribution is 2.25. The van der Waals surface area contributed by atoms with E-state index in [0.29, 0.717) is 0 Å². The Morgan fingerprint density at radius 3 is 2.70 bits per heavy atom. The first-order chi connectivity index (χ1) is 9.38. The topological polar surface area (TPSA) is 50.1 Å². The zero-order chi connectivity index (χ0) is 14.8. The van der Waals surface area contributed by atoms with Crippen molar-refractivity contribution >= 4 is 0 Å². The van der Waals surface area contributed by atoms with Crippen LogP contribution in [0.1, 0.15) is 64.1 Å². The third-order valence-electron chi connectivity index (χ3n) is 4.15. The number of aromatic nitrogens is 2. The van der Waals surface area contributed by atoms with Gasteiger partial charge in [-0.3, -0.25) is 4.68 Å². The van der Waals surface area contributed by atoms with E-state index in [0.717, 1.165) is 31.5 Å². The summed E-state index contributed by atoms with van der Waals surface area (Å²) in [7, 11) is 1.97. The van der Waals surface area contributed by atoms with Crippen LogP contribution >= 0.6 is 0 Å². The molecule has 1 aromatic heterocycles. The third kappa shape index (κ3) is 3.83. The van der Waals surface area contributed by atoms with Crippen LogP contribution in [-0.4, -0.2) is 27.0 Å². The van der Waals surface area contributed by atoms with E-state index in [4.69, 9.17) is 0 Å². The standard InChI is InChI=1S/C16H29N3O/c1-16(2,3)15-12(11-19(4)18-15)10-17-13-8-6-5-7-9-14(13)20/h11,13-14,17,20H,5-10H2,1-4H3. The number of nitrogens with zero attached hydrogens (tertiary/aromatic N) is 2. The molecule has 0 bridgehead atoms. The molecule has 0 aliphatic heterocycles. The van der Waals surface area contributed by atoms with Gasteiger partial charge in [0.15, 0.2) is 0 Å². The van der Waals surface area contributed by atoms with E-state index in [1.54, 1.807) is 0 Å². The van der Waals surface area contributed by atoms with Crippen molar-refractivity contribution in [2.75, 3.05) is 0 Å². The molecule has 2 atom stereocenters. The monoisotopic (exact) mass is 279 g/mol. The van der Waals surface area contributed by atoms with Crippen molar-refractivity contribution in [3.63, 3.8) is 0 Å². The molecule has 1 aliphatic carbocycles. The van der Waals surface area contributed by atoms with Crippen LogP contribution in [0.25, 0.3) is 0 Å². The maximum Gasteiger partial charge on any atom is 0.0722 e. The highest BCUT2D eigenvalue weighted by Gasteiger charge is 2.24. The first kappa shape index (κ1) is 15.5. The van der Waals surface area contributed by atoms with Gasteiger partial charge in [0, 0.05) is 36.8 Å². The molecule has 2 rings (SSSR count). The number of hydrogen-bond donors (Lipinski definition) is 2. The molecule has 1 aliphatic rings. The van der Waals surface area contributed by atoms with Gasteiger partial charge in [0.1, 0.15) is 0 Å². The van der Waals surface area contributed by atoms with Gasteiger partial charge >= 0.3 is 0 Å². The van der Waals surface area contributed by atoms with Crippen molar-refractivity contribution in [1.29, 1.82) is 0 Å². The Balaban J connectivity index is 2.03. The summed E-state index contributed by atoms with van der Waals surface area (Å²) in [4.78, 5) is 0. The number of nitrogens with one attached hydrogen (secondary N) is 1. The maximum absolute atomic E-state index is 10.2. The predicted molar refractivity (Wildman–Crippen MR) is 81.6 cm³/mol. The van der Waals surface area contributed by atoms with Crippen molar-refractivity contribution in [1.82, 2.24) is 15.1 Å². The first-order valence-corrected chi connectivity index (χ1v) is 7.82. The fourth-order valence-electron chi connectivity index (χ4n) is 3.07. The number of rotatable bonds is 3. The van der Waals surface area contributed by atoms with Crippen LogP contribution in [0.3, 0.4) is 0 Å². The average molecular weight is 279 g/mol. The summed E-state index contributed by atoms with van der Waals surface area (Å²) >= 11 is 0. The molecule has 0 aromatic carbocycles. The quantitative estimate of drug-likeness (QED) is 0.836. The summed E-state index contributed by atoms with van der Waals surface area (Å²) in [6.07, 6.45) is 7.51. The van der Waals surface area contributed by atoms with E-state index < -0.39 is 0 Å². The van der Waals surface area contributed by atoms with E-state index in [1.165, 1.54) is 18.4 Å². The van der Waals surface area contributed by atoms with Gasteiger partial charge in [-0.2, -0.15) is 5.10 Å². The Hall–Kier alpha value is -0.870. The van der Waals surface area contributed by atoms with Gasteiger partial charge in [-0.25, -0.2) is 0 Å². The minimum atomic E-state index is -0.202. The van der Waals surface area contributed by atoms with Gasteiger partial charge in [0.25, 0.3) is 0 Å². The van der Waals surface area contributed by atoms with Crippen LogP contribution in [0, 0.1) is 0 Å². The molecule has 0 spiro atoms. The second kappa shape index (κ2) is 6.27. The van der Waals surface area contributed by atoms with Crippen molar-refractivity contribution in [2.24, 2.45) is 7.05 Å². The fourth-order valence-corrected chi connectivity index (χ4v) is 3.07. The molecule has 1 saturated carbocycles. The maximum atomic E-state index is 10.2. The Bertz CT molecular complexity index is 433. The van der Waals surface area contributed by atoms with Gasteiger partial charge in [-0.05, 0) is 12.8 Å². The van der Waals surface area contributed by atoms with E-state index in [2.05, 4.69) is 37.4 Å². The largest absolute Gasteiger partial charge is 0.392 e. The molecule has 0 amide bonds. The van der Waals surface area contributed by atoms with Gasteiger partial charge in [0.2, 0.25) is 0 Å².